The largest absolute Gasteiger partial charge is 0.352 e. The summed E-state index contributed by atoms with van der Waals surface area (Å²) < 4.78 is 1.91. The predicted octanol–water partition coefficient (Wildman–Crippen LogP) is 5.34. The normalized spacial score (nSPS) is 10.8. The number of imidazole rings is 1. The first-order chi connectivity index (χ1) is 16.0. The first-order valence-corrected chi connectivity index (χ1v) is 11.3. The third-order valence-corrected chi connectivity index (χ3v) is 5.73. The molecule has 4 aromatic rings. The second-order valence-electron chi connectivity index (χ2n) is 7.50. The van der Waals surface area contributed by atoms with Crippen molar-refractivity contribution in [2.45, 2.75) is 19.4 Å². The van der Waals surface area contributed by atoms with Crippen LogP contribution in [-0.4, -0.2) is 27.9 Å². The highest BCUT2D eigenvalue weighted by molar-refractivity contribution is 6.33. The topological polar surface area (TPSA) is 76.0 Å². The number of aromatic nitrogens is 2. The van der Waals surface area contributed by atoms with E-state index in [1.165, 1.54) is 0 Å². The van der Waals surface area contributed by atoms with Gasteiger partial charge < -0.3 is 15.2 Å². The number of anilines is 1. The van der Waals surface area contributed by atoms with E-state index in [1.54, 1.807) is 48.5 Å². The summed E-state index contributed by atoms with van der Waals surface area (Å²) in [6, 6.07) is 21.6. The number of amides is 2. The first kappa shape index (κ1) is 22.8. The molecule has 2 N–H and O–H groups in total. The first-order valence-electron chi connectivity index (χ1n) is 10.5. The minimum atomic E-state index is -0.212. The Morgan fingerprint density at radius 2 is 1.64 bits per heavy atom. The lowest BCUT2D eigenvalue weighted by molar-refractivity contribution is -0.116. The summed E-state index contributed by atoms with van der Waals surface area (Å²) in [4.78, 5) is 29.8. The van der Waals surface area contributed by atoms with E-state index in [4.69, 9.17) is 28.2 Å². The summed E-state index contributed by atoms with van der Waals surface area (Å²) in [6.07, 6.45) is 1.27. The monoisotopic (exact) mass is 480 g/mol. The van der Waals surface area contributed by atoms with Crippen molar-refractivity contribution >= 4 is 51.7 Å². The molecule has 0 saturated heterocycles. The summed E-state index contributed by atoms with van der Waals surface area (Å²) in [5.74, 6) is 0.416. The Bertz CT molecular complexity index is 1290. The van der Waals surface area contributed by atoms with Crippen LogP contribution in [0.25, 0.3) is 11.0 Å². The highest BCUT2D eigenvalue weighted by Crippen LogP contribution is 2.19. The van der Waals surface area contributed by atoms with Gasteiger partial charge in [-0.25, -0.2) is 4.98 Å². The molecule has 0 atom stereocenters. The van der Waals surface area contributed by atoms with Crippen LogP contribution in [0, 0.1) is 0 Å². The Labute approximate surface area is 201 Å². The van der Waals surface area contributed by atoms with Crippen LogP contribution >= 0.6 is 23.2 Å². The quantitative estimate of drug-likeness (QED) is 0.334. The van der Waals surface area contributed by atoms with E-state index in [0.29, 0.717) is 40.7 Å². The van der Waals surface area contributed by atoms with Crippen LogP contribution < -0.4 is 10.6 Å². The molecule has 1 heterocycles. The van der Waals surface area contributed by atoms with E-state index in [0.717, 1.165) is 16.9 Å². The van der Waals surface area contributed by atoms with Crippen LogP contribution in [-0.2, 0) is 17.8 Å². The van der Waals surface area contributed by atoms with Gasteiger partial charge in [0.1, 0.15) is 12.4 Å². The second kappa shape index (κ2) is 10.5. The number of hydrogen-bond donors (Lipinski definition) is 2. The fourth-order valence-electron chi connectivity index (χ4n) is 3.56. The maximum absolute atomic E-state index is 12.7. The third-order valence-electron chi connectivity index (χ3n) is 5.14. The molecule has 3 aromatic carbocycles. The number of aryl methyl sites for hydroxylation is 1. The molecule has 0 unspecified atom stereocenters. The molecule has 0 fully saturated rings. The Balaban J connectivity index is 1.41. The maximum Gasteiger partial charge on any atom is 0.252 e. The standard InChI is InChI=1S/C25H22Cl2N4O2/c26-17-11-13-18(14-12-17)29-24(32)16-31-22-9-4-3-8-21(22)30-23(31)10-5-15-28-25(33)19-6-1-2-7-20(19)27/h1-4,6-9,11-14H,5,10,15-16H2,(H,28,33)(H,29,32). The second-order valence-corrected chi connectivity index (χ2v) is 8.34. The van der Waals surface area contributed by atoms with Crippen LogP contribution in [0.5, 0.6) is 0 Å². The fourth-order valence-corrected chi connectivity index (χ4v) is 3.91. The zero-order chi connectivity index (χ0) is 23.2. The molecule has 168 valence electrons. The molecule has 0 saturated carbocycles. The van der Waals surface area contributed by atoms with Crippen LogP contribution in [0.15, 0.2) is 72.8 Å². The molecule has 0 aliphatic carbocycles. The summed E-state index contributed by atoms with van der Waals surface area (Å²) in [6.45, 7) is 0.592. The number of rotatable bonds is 8. The average molecular weight is 481 g/mol. The molecule has 6 nitrogen and oxygen atoms in total. The third kappa shape index (κ3) is 5.72. The zero-order valence-electron chi connectivity index (χ0n) is 17.7. The summed E-state index contributed by atoms with van der Waals surface area (Å²) in [5, 5.41) is 6.81. The van der Waals surface area contributed by atoms with E-state index >= 15 is 0 Å². The van der Waals surface area contributed by atoms with Crippen molar-refractivity contribution in [3.63, 3.8) is 0 Å². The minimum Gasteiger partial charge on any atom is -0.352 e. The van der Waals surface area contributed by atoms with Gasteiger partial charge >= 0.3 is 0 Å². The van der Waals surface area contributed by atoms with Crippen molar-refractivity contribution in [1.82, 2.24) is 14.9 Å². The van der Waals surface area contributed by atoms with Crippen LogP contribution in [0.4, 0.5) is 5.69 Å². The van der Waals surface area contributed by atoms with Gasteiger partial charge in [-0.15, -0.1) is 0 Å². The van der Waals surface area contributed by atoms with Gasteiger partial charge in [0.05, 0.1) is 21.6 Å². The number of hydrogen-bond acceptors (Lipinski definition) is 3. The molecule has 4 rings (SSSR count). The SMILES string of the molecule is O=C(Cn1c(CCCNC(=O)c2ccccc2Cl)nc2ccccc21)Nc1ccc(Cl)cc1. The van der Waals surface area contributed by atoms with Gasteiger partial charge in [-0.05, 0) is 55.0 Å². The van der Waals surface area contributed by atoms with Crippen molar-refractivity contribution in [3.05, 3.63) is 94.2 Å². The Morgan fingerprint density at radius 1 is 0.909 bits per heavy atom. The van der Waals surface area contributed by atoms with Crippen molar-refractivity contribution < 1.29 is 9.59 Å². The lowest BCUT2D eigenvalue weighted by Crippen LogP contribution is -2.25. The summed E-state index contributed by atoms with van der Waals surface area (Å²) in [7, 11) is 0. The van der Waals surface area contributed by atoms with Crippen molar-refractivity contribution in [3.8, 4) is 0 Å². The number of carbonyl (C=O) groups is 2. The van der Waals surface area contributed by atoms with Gasteiger partial charge in [-0.3, -0.25) is 9.59 Å². The molecule has 0 radical (unpaired) electrons. The molecule has 0 aliphatic heterocycles. The highest BCUT2D eigenvalue weighted by atomic mass is 35.5. The number of nitrogens with one attached hydrogen (secondary N) is 2. The van der Waals surface area contributed by atoms with Crippen molar-refractivity contribution in [2.24, 2.45) is 0 Å². The Morgan fingerprint density at radius 3 is 2.42 bits per heavy atom. The number of halogens is 2. The number of para-hydroxylation sites is 2. The van der Waals surface area contributed by atoms with Gasteiger partial charge in [0.25, 0.3) is 5.91 Å². The molecule has 0 bridgehead atoms. The van der Waals surface area contributed by atoms with E-state index < -0.39 is 0 Å². The van der Waals surface area contributed by atoms with Crippen molar-refractivity contribution in [1.29, 1.82) is 0 Å². The Hall–Kier alpha value is -3.35. The van der Waals surface area contributed by atoms with E-state index in [9.17, 15) is 9.59 Å². The van der Waals surface area contributed by atoms with Gasteiger partial charge in [0, 0.05) is 23.7 Å². The molecule has 1 aromatic heterocycles. The number of carbonyl (C=O) groups excluding carboxylic acids is 2. The van der Waals surface area contributed by atoms with Crippen LogP contribution in [0.2, 0.25) is 10.0 Å². The molecule has 0 aliphatic rings. The lowest BCUT2D eigenvalue weighted by atomic mass is 10.2. The minimum absolute atomic E-state index is 0.129. The summed E-state index contributed by atoms with van der Waals surface area (Å²) >= 11 is 12.0. The zero-order valence-corrected chi connectivity index (χ0v) is 19.2. The van der Waals surface area contributed by atoms with Gasteiger partial charge in [0.2, 0.25) is 5.91 Å². The van der Waals surface area contributed by atoms with E-state index in [1.807, 2.05) is 28.8 Å². The Kier molecular flexibility index (Phi) is 7.27. The molecule has 8 heteroatoms. The van der Waals surface area contributed by atoms with E-state index in [-0.39, 0.29) is 18.4 Å². The number of nitrogens with zero attached hydrogens (tertiary/aromatic N) is 2. The molecule has 33 heavy (non-hydrogen) atoms. The molecular formula is C25H22Cl2N4O2. The van der Waals surface area contributed by atoms with Gasteiger partial charge in [0.15, 0.2) is 0 Å². The van der Waals surface area contributed by atoms with E-state index in [2.05, 4.69) is 10.6 Å². The highest BCUT2D eigenvalue weighted by Gasteiger charge is 2.14. The van der Waals surface area contributed by atoms with Gasteiger partial charge in [-0.2, -0.15) is 0 Å². The smallest absolute Gasteiger partial charge is 0.252 e. The van der Waals surface area contributed by atoms with Gasteiger partial charge in [-0.1, -0.05) is 47.5 Å². The number of benzene rings is 3. The lowest BCUT2D eigenvalue weighted by Gasteiger charge is -2.11. The van der Waals surface area contributed by atoms with Crippen LogP contribution in [0.1, 0.15) is 22.6 Å². The van der Waals surface area contributed by atoms with Crippen LogP contribution in [0.3, 0.4) is 0 Å². The van der Waals surface area contributed by atoms with Crippen molar-refractivity contribution in [2.75, 3.05) is 11.9 Å². The molecule has 0 spiro atoms. The average Bonchev–Trinajstić information content (AvgIpc) is 3.15. The summed E-state index contributed by atoms with van der Waals surface area (Å²) in [5.41, 5.74) is 2.84. The maximum atomic E-state index is 12.7. The number of fused-ring (bicyclic) bond motifs is 1. The molecular weight excluding hydrogens is 459 g/mol. The molecule has 2 amide bonds. The fraction of sp³-hybridized carbons (Fsp3) is 0.160. The predicted molar refractivity (Wildman–Crippen MR) is 132 cm³/mol.